The van der Waals surface area contributed by atoms with Gasteiger partial charge in [-0.3, -0.25) is 4.79 Å². The predicted octanol–water partition coefficient (Wildman–Crippen LogP) is 1.64. The van der Waals surface area contributed by atoms with Crippen LogP contribution in [0, 0.1) is 17.2 Å². The fourth-order valence-corrected chi connectivity index (χ4v) is 2.67. The number of carbonyl (C=O) groups excluding carboxylic acids is 1. The molecule has 0 saturated heterocycles. The summed E-state index contributed by atoms with van der Waals surface area (Å²) in [6, 6.07) is 9.46. The highest BCUT2D eigenvalue weighted by atomic mass is 16.2. The van der Waals surface area contributed by atoms with Crippen LogP contribution in [0.25, 0.3) is 0 Å². The number of nitrogens with zero attached hydrogens (tertiary/aromatic N) is 2. The number of nitriles is 1. The number of amides is 1. The first-order valence-corrected chi connectivity index (χ1v) is 6.61. The van der Waals surface area contributed by atoms with Gasteiger partial charge in [0.25, 0.3) is 0 Å². The standard InChI is InChI=1S/C15H19N3O/c1-18(15(19)13-6-3-7-14(13)17)10-12-5-2-4-11(8-12)9-16/h2,4-5,8,13-14H,3,6-7,10,17H2,1H3. The van der Waals surface area contributed by atoms with Crippen molar-refractivity contribution < 1.29 is 4.79 Å². The molecule has 1 aliphatic rings. The van der Waals surface area contributed by atoms with Gasteiger partial charge in [0.2, 0.25) is 5.91 Å². The van der Waals surface area contributed by atoms with E-state index in [2.05, 4.69) is 6.07 Å². The van der Waals surface area contributed by atoms with Gasteiger partial charge in [0.05, 0.1) is 17.6 Å². The van der Waals surface area contributed by atoms with Gasteiger partial charge in [0, 0.05) is 19.6 Å². The summed E-state index contributed by atoms with van der Waals surface area (Å²) in [6.45, 7) is 0.525. The van der Waals surface area contributed by atoms with E-state index in [4.69, 9.17) is 11.0 Å². The van der Waals surface area contributed by atoms with Gasteiger partial charge in [-0.25, -0.2) is 0 Å². The predicted molar refractivity (Wildman–Crippen MR) is 72.9 cm³/mol. The van der Waals surface area contributed by atoms with Crippen LogP contribution in [0.4, 0.5) is 0 Å². The molecule has 0 aliphatic heterocycles. The average molecular weight is 257 g/mol. The summed E-state index contributed by atoms with van der Waals surface area (Å²) >= 11 is 0. The molecule has 1 amide bonds. The van der Waals surface area contributed by atoms with Crippen LogP contribution in [-0.2, 0) is 11.3 Å². The third-order valence-corrected chi connectivity index (χ3v) is 3.74. The van der Waals surface area contributed by atoms with Gasteiger partial charge in [-0.05, 0) is 30.5 Å². The Morgan fingerprint density at radius 3 is 2.95 bits per heavy atom. The molecule has 0 spiro atoms. The van der Waals surface area contributed by atoms with Crippen molar-refractivity contribution in [2.24, 2.45) is 11.7 Å². The van der Waals surface area contributed by atoms with Crippen molar-refractivity contribution in [3.8, 4) is 6.07 Å². The number of nitrogens with two attached hydrogens (primary N) is 1. The van der Waals surface area contributed by atoms with E-state index < -0.39 is 0 Å². The highest BCUT2D eigenvalue weighted by molar-refractivity contribution is 5.79. The second kappa shape index (κ2) is 5.85. The molecule has 1 saturated carbocycles. The maximum Gasteiger partial charge on any atom is 0.227 e. The summed E-state index contributed by atoms with van der Waals surface area (Å²) in [5, 5.41) is 8.87. The highest BCUT2D eigenvalue weighted by Crippen LogP contribution is 2.26. The Labute approximate surface area is 113 Å². The maximum atomic E-state index is 12.3. The average Bonchev–Trinajstić information content (AvgIpc) is 2.84. The van der Waals surface area contributed by atoms with Crippen LogP contribution in [0.5, 0.6) is 0 Å². The molecule has 1 aromatic carbocycles. The molecule has 0 aromatic heterocycles. The number of carbonyl (C=O) groups is 1. The molecule has 0 radical (unpaired) electrons. The summed E-state index contributed by atoms with van der Waals surface area (Å²) in [5.74, 6) is 0.0801. The van der Waals surface area contributed by atoms with Crippen molar-refractivity contribution in [2.45, 2.75) is 31.8 Å². The Kier molecular flexibility index (Phi) is 4.18. The van der Waals surface area contributed by atoms with Crippen LogP contribution in [0.2, 0.25) is 0 Å². The van der Waals surface area contributed by atoms with Gasteiger partial charge in [-0.1, -0.05) is 18.6 Å². The zero-order chi connectivity index (χ0) is 13.8. The molecule has 1 aromatic rings. The molecule has 4 nitrogen and oxygen atoms in total. The van der Waals surface area contributed by atoms with Crippen LogP contribution in [-0.4, -0.2) is 23.9 Å². The Bertz CT molecular complexity index is 506. The molecule has 100 valence electrons. The van der Waals surface area contributed by atoms with E-state index >= 15 is 0 Å². The largest absolute Gasteiger partial charge is 0.341 e. The number of benzene rings is 1. The molecule has 0 heterocycles. The monoisotopic (exact) mass is 257 g/mol. The molecule has 0 bridgehead atoms. The quantitative estimate of drug-likeness (QED) is 0.895. The number of hydrogen-bond acceptors (Lipinski definition) is 3. The van der Waals surface area contributed by atoms with Crippen LogP contribution < -0.4 is 5.73 Å². The van der Waals surface area contributed by atoms with Gasteiger partial charge >= 0.3 is 0 Å². The fourth-order valence-electron chi connectivity index (χ4n) is 2.67. The Morgan fingerprint density at radius 1 is 1.53 bits per heavy atom. The van der Waals surface area contributed by atoms with Crippen molar-refractivity contribution in [1.82, 2.24) is 4.90 Å². The molecule has 2 N–H and O–H groups in total. The minimum absolute atomic E-state index is 0.000364. The van der Waals surface area contributed by atoms with Gasteiger partial charge in [0.1, 0.15) is 0 Å². The van der Waals surface area contributed by atoms with Crippen molar-refractivity contribution in [1.29, 1.82) is 5.26 Å². The number of rotatable bonds is 3. The van der Waals surface area contributed by atoms with Gasteiger partial charge < -0.3 is 10.6 Å². The van der Waals surface area contributed by atoms with Crippen molar-refractivity contribution in [2.75, 3.05) is 7.05 Å². The normalized spacial score (nSPS) is 21.9. The van der Waals surface area contributed by atoms with Gasteiger partial charge in [-0.15, -0.1) is 0 Å². The second-order valence-corrected chi connectivity index (χ2v) is 5.21. The van der Waals surface area contributed by atoms with E-state index in [1.165, 1.54) is 0 Å². The van der Waals surface area contributed by atoms with E-state index in [0.29, 0.717) is 12.1 Å². The molecular formula is C15H19N3O. The third kappa shape index (κ3) is 3.12. The summed E-state index contributed by atoms with van der Waals surface area (Å²) in [5.41, 5.74) is 7.56. The molecule has 1 aliphatic carbocycles. The molecular weight excluding hydrogens is 238 g/mol. The molecule has 1 fully saturated rings. The first-order valence-electron chi connectivity index (χ1n) is 6.61. The summed E-state index contributed by atoms with van der Waals surface area (Å²) in [6.07, 6.45) is 2.87. The summed E-state index contributed by atoms with van der Waals surface area (Å²) < 4.78 is 0. The lowest BCUT2D eigenvalue weighted by Gasteiger charge is -2.23. The van der Waals surface area contributed by atoms with E-state index in [1.54, 1.807) is 18.0 Å². The lowest BCUT2D eigenvalue weighted by molar-refractivity contribution is -0.134. The molecule has 19 heavy (non-hydrogen) atoms. The highest BCUT2D eigenvalue weighted by Gasteiger charge is 2.32. The minimum Gasteiger partial charge on any atom is -0.341 e. The zero-order valence-electron chi connectivity index (χ0n) is 11.2. The molecule has 2 unspecified atom stereocenters. The van der Waals surface area contributed by atoms with Crippen LogP contribution in [0.15, 0.2) is 24.3 Å². The third-order valence-electron chi connectivity index (χ3n) is 3.74. The SMILES string of the molecule is CN(Cc1cccc(C#N)c1)C(=O)C1CCCC1N. The maximum absolute atomic E-state index is 12.3. The van der Waals surface area contributed by atoms with E-state index in [1.807, 2.05) is 18.2 Å². The van der Waals surface area contributed by atoms with Crippen LogP contribution in [0.3, 0.4) is 0 Å². The van der Waals surface area contributed by atoms with Gasteiger partial charge in [-0.2, -0.15) is 5.26 Å². The summed E-state index contributed by atoms with van der Waals surface area (Å²) in [7, 11) is 1.80. The van der Waals surface area contributed by atoms with Crippen molar-refractivity contribution in [3.63, 3.8) is 0 Å². The molecule has 4 heteroatoms. The van der Waals surface area contributed by atoms with E-state index in [9.17, 15) is 4.79 Å². The first kappa shape index (κ1) is 13.6. The molecule has 2 atom stereocenters. The summed E-state index contributed by atoms with van der Waals surface area (Å²) in [4.78, 5) is 14.0. The first-order chi connectivity index (χ1) is 9.11. The lowest BCUT2D eigenvalue weighted by Crippen LogP contribution is -2.39. The topological polar surface area (TPSA) is 70.1 Å². The van der Waals surface area contributed by atoms with Crippen molar-refractivity contribution >= 4 is 5.91 Å². The van der Waals surface area contributed by atoms with E-state index in [0.717, 1.165) is 24.8 Å². The Hall–Kier alpha value is -1.86. The van der Waals surface area contributed by atoms with Gasteiger partial charge in [0.15, 0.2) is 0 Å². The van der Waals surface area contributed by atoms with E-state index in [-0.39, 0.29) is 17.9 Å². The second-order valence-electron chi connectivity index (χ2n) is 5.21. The number of hydrogen-bond donors (Lipinski definition) is 1. The fraction of sp³-hybridized carbons (Fsp3) is 0.467. The van der Waals surface area contributed by atoms with Crippen LogP contribution >= 0.6 is 0 Å². The zero-order valence-corrected chi connectivity index (χ0v) is 11.2. The minimum atomic E-state index is -0.0378. The lowest BCUT2D eigenvalue weighted by atomic mass is 10.0. The molecule has 2 rings (SSSR count). The Morgan fingerprint density at radius 2 is 2.32 bits per heavy atom. The smallest absolute Gasteiger partial charge is 0.227 e. The Balaban J connectivity index is 2.02. The van der Waals surface area contributed by atoms with Crippen molar-refractivity contribution in [3.05, 3.63) is 35.4 Å². The van der Waals surface area contributed by atoms with Crippen LogP contribution in [0.1, 0.15) is 30.4 Å².